The van der Waals surface area contributed by atoms with Gasteiger partial charge in [0.2, 0.25) is 5.95 Å². The second-order valence-corrected chi connectivity index (χ2v) is 4.44. The van der Waals surface area contributed by atoms with Crippen LogP contribution in [0.25, 0.3) is 0 Å². The summed E-state index contributed by atoms with van der Waals surface area (Å²) < 4.78 is 0. The summed E-state index contributed by atoms with van der Waals surface area (Å²) in [5, 5.41) is 6.57. The van der Waals surface area contributed by atoms with E-state index in [2.05, 4.69) is 34.4 Å². The lowest BCUT2D eigenvalue weighted by molar-refractivity contribution is 0.643. The van der Waals surface area contributed by atoms with Crippen molar-refractivity contribution in [2.45, 2.75) is 53.0 Å². The first kappa shape index (κ1) is 13.7. The minimum absolute atomic E-state index is 0.457. The van der Waals surface area contributed by atoms with Crippen molar-refractivity contribution in [2.75, 3.05) is 17.2 Å². The van der Waals surface area contributed by atoms with Crippen LogP contribution in [0.2, 0.25) is 0 Å². The van der Waals surface area contributed by atoms with Gasteiger partial charge in [0.15, 0.2) is 0 Å². The van der Waals surface area contributed by atoms with Crippen LogP contribution in [0.3, 0.4) is 0 Å². The summed E-state index contributed by atoms with van der Waals surface area (Å²) in [5.41, 5.74) is 0.987. The van der Waals surface area contributed by atoms with Gasteiger partial charge in [-0.2, -0.15) is 4.98 Å². The summed E-state index contributed by atoms with van der Waals surface area (Å²) in [7, 11) is 0. The van der Waals surface area contributed by atoms with Crippen LogP contribution in [-0.4, -0.2) is 22.6 Å². The standard InChI is InChI=1S/C13H24N4/c1-5-7-8-10(3)15-12-9-11(4)16-13(17-12)14-6-2/h9-10H,5-8H2,1-4H3,(H2,14,15,16,17). The van der Waals surface area contributed by atoms with E-state index in [-0.39, 0.29) is 0 Å². The second-order valence-electron chi connectivity index (χ2n) is 4.44. The van der Waals surface area contributed by atoms with Gasteiger partial charge in [0.05, 0.1) is 0 Å². The Morgan fingerprint density at radius 3 is 2.71 bits per heavy atom. The Bertz CT molecular complexity index is 338. The van der Waals surface area contributed by atoms with E-state index < -0.39 is 0 Å². The SMILES string of the molecule is CCCCC(C)Nc1cc(C)nc(NCC)n1. The zero-order valence-corrected chi connectivity index (χ0v) is 11.4. The van der Waals surface area contributed by atoms with Crippen molar-refractivity contribution in [2.24, 2.45) is 0 Å². The molecule has 0 aliphatic heterocycles. The molecule has 4 nitrogen and oxygen atoms in total. The van der Waals surface area contributed by atoms with Crippen LogP contribution < -0.4 is 10.6 Å². The fourth-order valence-electron chi connectivity index (χ4n) is 1.71. The molecule has 1 heterocycles. The van der Waals surface area contributed by atoms with E-state index in [0.717, 1.165) is 18.1 Å². The largest absolute Gasteiger partial charge is 0.367 e. The molecule has 1 atom stereocenters. The van der Waals surface area contributed by atoms with Crippen molar-refractivity contribution in [1.82, 2.24) is 9.97 Å². The van der Waals surface area contributed by atoms with Crippen LogP contribution >= 0.6 is 0 Å². The maximum absolute atomic E-state index is 4.44. The smallest absolute Gasteiger partial charge is 0.224 e. The van der Waals surface area contributed by atoms with Crippen molar-refractivity contribution < 1.29 is 0 Å². The maximum Gasteiger partial charge on any atom is 0.224 e. The first-order valence-electron chi connectivity index (χ1n) is 6.51. The lowest BCUT2D eigenvalue weighted by Crippen LogP contribution is -2.17. The van der Waals surface area contributed by atoms with Crippen molar-refractivity contribution in [3.63, 3.8) is 0 Å². The number of hydrogen-bond donors (Lipinski definition) is 2. The summed E-state index contributed by atoms with van der Waals surface area (Å²) >= 11 is 0. The first-order chi connectivity index (χ1) is 8.15. The number of rotatable bonds is 7. The number of hydrogen-bond acceptors (Lipinski definition) is 4. The van der Waals surface area contributed by atoms with Crippen LogP contribution in [0, 0.1) is 6.92 Å². The lowest BCUT2D eigenvalue weighted by atomic mass is 10.1. The average molecular weight is 236 g/mol. The summed E-state index contributed by atoms with van der Waals surface area (Å²) in [6.45, 7) is 9.28. The van der Waals surface area contributed by atoms with Gasteiger partial charge in [-0.25, -0.2) is 4.98 Å². The Hall–Kier alpha value is -1.32. The molecule has 1 aromatic heterocycles. The van der Waals surface area contributed by atoms with E-state index in [4.69, 9.17) is 0 Å². The molecular weight excluding hydrogens is 212 g/mol. The zero-order chi connectivity index (χ0) is 12.7. The fourth-order valence-corrected chi connectivity index (χ4v) is 1.71. The molecule has 1 unspecified atom stereocenters. The molecule has 0 fully saturated rings. The van der Waals surface area contributed by atoms with Crippen LogP contribution in [0.15, 0.2) is 6.07 Å². The van der Waals surface area contributed by atoms with Crippen LogP contribution in [0.5, 0.6) is 0 Å². The van der Waals surface area contributed by atoms with Crippen LogP contribution in [-0.2, 0) is 0 Å². The molecule has 0 amide bonds. The molecule has 0 aromatic carbocycles. The zero-order valence-electron chi connectivity index (χ0n) is 11.4. The molecule has 0 saturated carbocycles. The van der Waals surface area contributed by atoms with E-state index in [1.54, 1.807) is 0 Å². The van der Waals surface area contributed by atoms with Crippen LogP contribution in [0.1, 0.15) is 45.7 Å². The van der Waals surface area contributed by atoms with Gasteiger partial charge in [-0.3, -0.25) is 0 Å². The van der Waals surface area contributed by atoms with Crippen molar-refractivity contribution >= 4 is 11.8 Å². The number of nitrogens with zero attached hydrogens (tertiary/aromatic N) is 2. The molecule has 0 radical (unpaired) electrons. The third-order valence-corrected chi connectivity index (χ3v) is 2.57. The van der Waals surface area contributed by atoms with Gasteiger partial charge >= 0.3 is 0 Å². The summed E-state index contributed by atoms with van der Waals surface area (Å²) in [4.78, 5) is 8.77. The number of anilines is 2. The number of unbranched alkanes of at least 4 members (excludes halogenated alkanes) is 1. The molecule has 4 heteroatoms. The highest BCUT2D eigenvalue weighted by Gasteiger charge is 2.05. The highest BCUT2D eigenvalue weighted by molar-refractivity contribution is 5.42. The van der Waals surface area contributed by atoms with Gasteiger partial charge in [-0.15, -0.1) is 0 Å². The predicted molar refractivity (Wildman–Crippen MR) is 73.5 cm³/mol. The minimum Gasteiger partial charge on any atom is -0.367 e. The van der Waals surface area contributed by atoms with E-state index in [9.17, 15) is 0 Å². The van der Waals surface area contributed by atoms with Crippen molar-refractivity contribution in [3.05, 3.63) is 11.8 Å². The third-order valence-electron chi connectivity index (χ3n) is 2.57. The van der Waals surface area contributed by atoms with E-state index >= 15 is 0 Å². The Morgan fingerprint density at radius 2 is 2.06 bits per heavy atom. The minimum atomic E-state index is 0.457. The molecular formula is C13H24N4. The fraction of sp³-hybridized carbons (Fsp3) is 0.692. The molecule has 0 saturated heterocycles. The van der Waals surface area contributed by atoms with Gasteiger partial charge in [0.1, 0.15) is 5.82 Å². The molecule has 0 bridgehead atoms. The quantitative estimate of drug-likeness (QED) is 0.763. The van der Waals surface area contributed by atoms with Gasteiger partial charge in [0, 0.05) is 24.3 Å². The molecule has 17 heavy (non-hydrogen) atoms. The average Bonchev–Trinajstić information content (AvgIpc) is 2.26. The maximum atomic E-state index is 4.44. The van der Waals surface area contributed by atoms with E-state index in [1.807, 2.05) is 19.9 Å². The van der Waals surface area contributed by atoms with Crippen molar-refractivity contribution in [1.29, 1.82) is 0 Å². The first-order valence-corrected chi connectivity index (χ1v) is 6.51. The molecule has 1 aromatic rings. The third kappa shape index (κ3) is 5.02. The molecule has 0 spiro atoms. The van der Waals surface area contributed by atoms with Gasteiger partial charge in [-0.05, 0) is 27.2 Å². The number of aromatic nitrogens is 2. The Kier molecular flexibility index (Phi) is 5.73. The molecule has 2 N–H and O–H groups in total. The second kappa shape index (κ2) is 7.09. The highest BCUT2D eigenvalue weighted by Crippen LogP contribution is 2.12. The Labute approximate surface area is 104 Å². The summed E-state index contributed by atoms with van der Waals surface area (Å²) in [6, 6.07) is 2.45. The van der Waals surface area contributed by atoms with Gasteiger partial charge < -0.3 is 10.6 Å². The van der Waals surface area contributed by atoms with Gasteiger partial charge in [0.25, 0.3) is 0 Å². The molecule has 0 aliphatic rings. The molecule has 1 rings (SSSR count). The van der Waals surface area contributed by atoms with Crippen molar-refractivity contribution in [3.8, 4) is 0 Å². The summed E-state index contributed by atoms with van der Waals surface area (Å²) in [5.74, 6) is 1.62. The Balaban J connectivity index is 2.63. The predicted octanol–water partition coefficient (Wildman–Crippen LogP) is 3.21. The highest BCUT2D eigenvalue weighted by atomic mass is 15.1. The van der Waals surface area contributed by atoms with E-state index in [0.29, 0.717) is 12.0 Å². The monoisotopic (exact) mass is 236 g/mol. The lowest BCUT2D eigenvalue weighted by Gasteiger charge is -2.15. The summed E-state index contributed by atoms with van der Waals surface area (Å²) in [6.07, 6.45) is 3.66. The topological polar surface area (TPSA) is 49.8 Å². The van der Waals surface area contributed by atoms with Crippen LogP contribution in [0.4, 0.5) is 11.8 Å². The Morgan fingerprint density at radius 1 is 1.29 bits per heavy atom. The normalized spacial score (nSPS) is 12.2. The number of nitrogens with one attached hydrogen (secondary N) is 2. The van der Waals surface area contributed by atoms with Gasteiger partial charge in [-0.1, -0.05) is 19.8 Å². The number of aryl methyl sites for hydroxylation is 1. The molecule has 96 valence electrons. The molecule has 0 aliphatic carbocycles. The van der Waals surface area contributed by atoms with E-state index in [1.165, 1.54) is 19.3 Å².